The number of fused-ring (bicyclic) bond motifs is 1. The molecule has 0 radical (unpaired) electrons. The Morgan fingerprint density at radius 1 is 1.32 bits per heavy atom. The summed E-state index contributed by atoms with van der Waals surface area (Å²) in [7, 11) is 0. The van der Waals surface area contributed by atoms with Crippen LogP contribution in [0.25, 0.3) is 0 Å². The van der Waals surface area contributed by atoms with Crippen molar-refractivity contribution in [3.8, 4) is 11.8 Å². The SMILES string of the molecule is Cc1cc2c(c(=O)n1O)C(c1ccc(C(C)C)cc1)C(C#N)=C(N)O2. The number of nitrogens with two attached hydrogens (primary N) is 1. The number of allylic oxidation sites excluding steroid dienone is 1. The molecule has 0 fully saturated rings. The van der Waals surface area contributed by atoms with E-state index in [2.05, 4.69) is 13.8 Å². The van der Waals surface area contributed by atoms with E-state index in [9.17, 15) is 15.3 Å². The van der Waals surface area contributed by atoms with Gasteiger partial charge in [-0.15, -0.1) is 0 Å². The minimum absolute atomic E-state index is 0.0255. The first-order valence-electron chi connectivity index (χ1n) is 7.98. The first kappa shape index (κ1) is 16.7. The molecule has 25 heavy (non-hydrogen) atoms. The van der Waals surface area contributed by atoms with Crippen molar-refractivity contribution in [1.29, 1.82) is 5.26 Å². The Morgan fingerprint density at radius 3 is 2.52 bits per heavy atom. The highest BCUT2D eigenvalue weighted by molar-refractivity contribution is 5.55. The first-order valence-corrected chi connectivity index (χ1v) is 7.98. The molecule has 2 aromatic rings. The normalized spacial score (nSPS) is 16.4. The first-order chi connectivity index (χ1) is 11.8. The molecule has 1 aliphatic heterocycles. The molecule has 0 amide bonds. The van der Waals surface area contributed by atoms with E-state index in [4.69, 9.17) is 10.5 Å². The van der Waals surface area contributed by atoms with Crippen LogP contribution in [0.5, 0.6) is 5.75 Å². The van der Waals surface area contributed by atoms with Crippen LogP contribution in [0.3, 0.4) is 0 Å². The molecule has 0 spiro atoms. The molecule has 1 unspecified atom stereocenters. The number of nitrogens with zero attached hydrogens (tertiary/aromatic N) is 2. The Labute approximate surface area is 145 Å². The van der Waals surface area contributed by atoms with Crippen molar-refractivity contribution in [2.45, 2.75) is 32.6 Å². The zero-order chi connectivity index (χ0) is 18.3. The topological polar surface area (TPSA) is 101 Å². The van der Waals surface area contributed by atoms with Gasteiger partial charge < -0.3 is 15.7 Å². The molecule has 0 bridgehead atoms. The summed E-state index contributed by atoms with van der Waals surface area (Å²) >= 11 is 0. The lowest BCUT2D eigenvalue weighted by Crippen LogP contribution is -2.31. The molecule has 6 heteroatoms. The summed E-state index contributed by atoms with van der Waals surface area (Å²) in [6, 6.07) is 11.3. The van der Waals surface area contributed by atoms with Crippen LogP contribution in [-0.4, -0.2) is 9.94 Å². The monoisotopic (exact) mass is 337 g/mol. The van der Waals surface area contributed by atoms with E-state index in [0.29, 0.717) is 16.3 Å². The number of ether oxygens (including phenoxy) is 1. The fourth-order valence-corrected chi connectivity index (χ4v) is 3.04. The van der Waals surface area contributed by atoms with Crippen LogP contribution in [0.4, 0.5) is 0 Å². The van der Waals surface area contributed by atoms with Crippen molar-refractivity contribution in [3.05, 3.63) is 74.5 Å². The van der Waals surface area contributed by atoms with E-state index in [1.165, 1.54) is 6.07 Å². The van der Waals surface area contributed by atoms with Gasteiger partial charge in [0.25, 0.3) is 5.56 Å². The third-order valence-electron chi connectivity index (χ3n) is 4.48. The van der Waals surface area contributed by atoms with Crippen LogP contribution in [0.1, 0.15) is 48.1 Å². The van der Waals surface area contributed by atoms with Gasteiger partial charge in [-0.05, 0) is 24.0 Å². The summed E-state index contributed by atoms with van der Waals surface area (Å²) in [4.78, 5) is 12.6. The number of nitriles is 1. The van der Waals surface area contributed by atoms with Crippen molar-refractivity contribution in [2.24, 2.45) is 5.73 Å². The lowest BCUT2D eigenvalue weighted by atomic mass is 9.83. The highest BCUT2D eigenvalue weighted by Gasteiger charge is 2.34. The van der Waals surface area contributed by atoms with Crippen molar-refractivity contribution in [2.75, 3.05) is 0 Å². The van der Waals surface area contributed by atoms with Gasteiger partial charge in [0, 0.05) is 6.07 Å². The number of benzene rings is 1. The van der Waals surface area contributed by atoms with E-state index >= 15 is 0 Å². The van der Waals surface area contributed by atoms with Gasteiger partial charge in [-0.1, -0.05) is 38.1 Å². The van der Waals surface area contributed by atoms with E-state index in [-0.39, 0.29) is 22.8 Å². The second-order valence-corrected chi connectivity index (χ2v) is 6.43. The molecule has 1 atom stereocenters. The molecular weight excluding hydrogens is 318 g/mol. The van der Waals surface area contributed by atoms with E-state index < -0.39 is 11.5 Å². The van der Waals surface area contributed by atoms with Crippen LogP contribution < -0.4 is 16.0 Å². The molecule has 6 nitrogen and oxygen atoms in total. The third kappa shape index (κ3) is 2.64. The Kier molecular flexibility index (Phi) is 4.01. The number of hydrogen-bond donors (Lipinski definition) is 2. The van der Waals surface area contributed by atoms with Gasteiger partial charge in [0.15, 0.2) is 0 Å². The van der Waals surface area contributed by atoms with Crippen molar-refractivity contribution in [1.82, 2.24) is 4.73 Å². The second-order valence-electron chi connectivity index (χ2n) is 6.43. The highest BCUT2D eigenvalue weighted by Crippen LogP contribution is 2.40. The lowest BCUT2D eigenvalue weighted by molar-refractivity contribution is 0.165. The Balaban J connectivity index is 2.26. The fraction of sp³-hybridized carbons (Fsp3) is 0.263. The van der Waals surface area contributed by atoms with Gasteiger partial charge in [-0.2, -0.15) is 9.99 Å². The molecule has 128 valence electrons. The number of hydrogen-bond acceptors (Lipinski definition) is 5. The highest BCUT2D eigenvalue weighted by atomic mass is 16.5. The molecule has 0 saturated carbocycles. The van der Waals surface area contributed by atoms with Crippen LogP contribution in [0.2, 0.25) is 0 Å². The van der Waals surface area contributed by atoms with Crippen LogP contribution >= 0.6 is 0 Å². The minimum atomic E-state index is -0.679. The molecule has 3 rings (SSSR count). The van der Waals surface area contributed by atoms with Gasteiger partial charge in [0.1, 0.15) is 17.4 Å². The smallest absolute Gasteiger partial charge is 0.291 e. The zero-order valence-corrected chi connectivity index (χ0v) is 14.3. The maximum Gasteiger partial charge on any atom is 0.291 e. The van der Waals surface area contributed by atoms with Gasteiger partial charge in [0.2, 0.25) is 5.88 Å². The summed E-state index contributed by atoms with van der Waals surface area (Å²) < 4.78 is 6.04. The van der Waals surface area contributed by atoms with Crippen LogP contribution in [0.15, 0.2) is 46.6 Å². The molecule has 2 heterocycles. The van der Waals surface area contributed by atoms with Gasteiger partial charge in [0.05, 0.1) is 17.2 Å². The van der Waals surface area contributed by atoms with Gasteiger partial charge >= 0.3 is 0 Å². The number of aromatic nitrogens is 1. The maximum atomic E-state index is 12.6. The van der Waals surface area contributed by atoms with E-state index in [0.717, 1.165) is 11.1 Å². The van der Waals surface area contributed by atoms with Crippen LogP contribution in [0, 0.1) is 18.3 Å². The zero-order valence-electron chi connectivity index (χ0n) is 14.3. The third-order valence-corrected chi connectivity index (χ3v) is 4.48. The van der Waals surface area contributed by atoms with Gasteiger partial charge in [-0.3, -0.25) is 4.79 Å². The lowest BCUT2D eigenvalue weighted by Gasteiger charge is -2.26. The molecule has 0 saturated heterocycles. The van der Waals surface area contributed by atoms with Crippen molar-refractivity contribution in [3.63, 3.8) is 0 Å². The predicted octanol–water partition coefficient (Wildman–Crippen LogP) is 2.74. The number of pyridine rings is 1. The molecule has 0 aliphatic carbocycles. The summed E-state index contributed by atoms with van der Waals surface area (Å²) in [6.07, 6.45) is 0. The molecular formula is C19H19N3O3. The Bertz CT molecular complexity index is 963. The summed E-state index contributed by atoms with van der Waals surface area (Å²) in [5, 5.41) is 19.5. The average molecular weight is 337 g/mol. The van der Waals surface area contributed by atoms with Gasteiger partial charge in [-0.25, -0.2) is 0 Å². The quantitative estimate of drug-likeness (QED) is 0.821. The summed E-state index contributed by atoms with van der Waals surface area (Å²) in [5.41, 5.74) is 7.88. The molecule has 1 aliphatic rings. The molecule has 1 aromatic carbocycles. The largest absolute Gasteiger partial charge is 0.440 e. The van der Waals surface area contributed by atoms with Crippen LogP contribution in [-0.2, 0) is 0 Å². The summed E-state index contributed by atoms with van der Waals surface area (Å²) in [6.45, 7) is 5.76. The second kappa shape index (κ2) is 6.02. The summed E-state index contributed by atoms with van der Waals surface area (Å²) in [5.74, 6) is -0.0736. The number of rotatable bonds is 2. The minimum Gasteiger partial charge on any atom is -0.440 e. The molecule has 1 aromatic heterocycles. The number of aryl methyl sites for hydroxylation is 1. The Hall–Kier alpha value is -3.20. The average Bonchev–Trinajstić information content (AvgIpc) is 2.59. The fourth-order valence-electron chi connectivity index (χ4n) is 3.04. The van der Waals surface area contributed by atoms with E-state index in [1.807, 2.05) is 30.3 Å². The van der Waals surface area contributed by atoms with E-state index in [1.54, 1.807) is 6.92 Å². The Morgan fingerprint density at radius 2 is 1.96 bits per heavy atom. The van der Waals surface area contributed by atoms with Crippen molar-refractivity contribution >= 4 is 0 Å². The predicted molar refractivity (Wildman–Crippen MR) is 92.5 cm³/mol. The standard InChI is InChI=1S/C19H19N3O3/c1-10(2)12-4-6-13(7-5-12)16-14(9-20)18(21)25-15-8-11(3)22(24)19(23)17(15)16/h4-8,10,16,24H,21H2,1-3H3. The maximum absolute atomic E-state index is 12.6. The molecule has 3 N–H and O–H groups in total. The van der Waals surface area contributed by atoms with Crippen molar-refractivity contribution < 1.29 is 9.94 Å².